The predicted octanol–water partition coefficient (Wildman–Crippen LogP) is 3.26. The minimum Gasteiger partial charge on any atom is -0.382 e. The second-order valence-electron chi connectivity index (χ2n) is 5.48. The average Bonchev–Trinajstić information content (AvgIpc) is 2.94. The summed E-state index contributed by atoms with van der Waals surface area (Å²) in [5.41, 5.74) is 2.18. The number of hydrogen-bond acceptors (Lipinski definition) is 3. The highest BCUT2D eigenvalue weighted by Crippen LogP contribution is 2.26. The van der Waals surface area contributed by atoms with Crippen LogP contribution in [0.3, 0.4) is 0 Å². The van der Waals surface area contributed by atoms with Crippen LogP contribution in [0.1, 0.15) is 32.6 Å². The smallest absolute Gasteiger partial charge is 0.0858 e. The first-order valence-electron chi connectivity index (χ1n) is 7.04. The van der Waals surface area contributed by atoms with Crippen LogP contribution in [-0.2, 0) is 0 Å². The summed E-state index contributed by atoms with van der Waals surface area (Å²) in [6, 6.07) is 8.94. The molecule has 19 heavy (non-hydrogen) atoms. The maximum absolute atomic E-state index is 4.13. The summed E-state index contributed by atoms with van der Waals surface area (Å²) in [5, 5.41) is 11.9. The van der Waals surface area contributed by atoms with Gasteiger partial charge in [0.25, 0.3) is 0 Å². The minimum atomic E-state index is 0.623. The Kier molecular flexibility index (Phi) is 3.49. The predicted molar refractivity (Wildman–Crippen MR) is 76.4 cm³/mol. The third-order valence-corrected chi connectivity index (χ3v) is 3.82. The molecule has 0 aliphatic heterocycles. The maximum atomic E-state index is 4.13. The number of rotatable bonds is 3. The molecule has 1 aromatic carbocycles. The third-order valence-electron chi connectivity index (χ3n) is 3.82. The second-order valence-corrected chi connectivity index (χ2v) is 5.48. The van der Waals surface area contributed by atoms with E-state index < -0.39 is 0 Å². The van der Waals surface area contributed by atoms with E-state index in [0.717, 1.165) is 11.6 Å². The van der Waals surface area contributed by atoms with Crippen molar-refractivity contribution in [3.8, 4) is 5.69 Å². The molecule has 1 aliphatic rings. The van der Waals surface area contributed by atoms with Crippen molar-refractivity contribution in [1.82, 2.24) is 15.0 Å². The second kappa shape index (κ2) is 5.43. The van der Waals surface area contributed by atoms with Crippen LogP contribution in [0, 0.1) is 5.92 Å². The Hall–Kier alpha value is -1.84. The van der Waals surface area contributed by atoms with Crippen LogP contribution in [0.15, 0.2) is 36.7 Å². The standard InChI is InChI=1S/C15H20N4/c1-12-3-2-4-14(11-12)18-13-5-7-15(8-6-13)19-16-9-10-17-19/h5-10,12,14,18H,2-4,11H2,1H3. The van der Waals surface area contributed by atoms with Gasteiger partial charge in [0.05, 0.1) is 18.1 Å². The number of nitrogens with zero attached hydrogens (tertiary/aromatic N) is 3. The van der Waals surface area contributed by atoms with E-state index >= 15 is 0 Å². The molecule has 100 valence electrons. The Bertz CT molecular complexity index is 503. The topological polar surface area (TPSA) is 42.7 Å². The van der Waals surface area contributed by atoms with Gasteiger partial charge in [-0.15, -0.1) is 0 Å². The molecule has 1 aromatic heterocycles. The Morgan fingerprint density at radius 3 is 2.53 bits per heavy atom. The maximum Gasteiger partial charge on any atom is 0.0858 e. The van der Waals surface area contributed by atoms with Gasteiger partial charge in [0.2, 0.25) is 0 Å². The van der Waals surface area contributed by atoms with Gasteiger partial charge in [-0.25, -0.2) is 0 Å². The zero-order valence-electron chi connectivity index (χ0n) is 11.3. The van der Waals surface area contributed by atoms with E-state index in [1.54, 1.807) is 17.2 Å². The quantitative estimate of drug-likeness (QED) is 0.916. The Labute approximate surface area is 113 Å². The lowest BCUT2D eigenvalue weighted by Crippen LogP contribution is -2.26. The van der Waals surface area contributed by atoms with Crippen LogP contribution in [0.4, 0.5) is 5.69 Å². The van der Waals surface area contributed by atoms with E-state index in [4.69, 9.17) is 0 Å². The zero-order chi connectivity index (χ0) is 13.1. The van der Waals surface area contributed by atoms with Crippen molar-refractivity contribution >= 4 is 5.69 Å². The van der Waals surface area contributed by atoms with Crippen molar-refractivity contribution < 1.29 is 0 Å². The van der Waals surface area contributed by atoms with E-state index in [2.05, 4.69) is 46.7 Å². The van der Waals surface area contributed by atoms with E-state index in [9.17, 15) is 0 Å². The van der Waals surface area contributed by atoms with Gasteiger partial charge < -0.3 is 5.32 Å². The number of anilines is 1. The number of nitrogens with one attached hydrogen (secondary N) is 1. The molecule has 4 heteroatoms. The van der Waals surface area contributed by atoms with Crippen LogP contribution < -0.4 is 5.32 Å². The van der Waals surface area contributed by atoms with Gasteiger partial charge in [-0.1, -0.05) is 19.8 Å². The SMILES string of the molecule is CC1CCCC(Nc2ccc(-n3nccn3)cc2)C1. The highest BCUT2D eigenvalue weighted by atomic mass is 15.5. The molecule has 0 amide bonds. The molecule has 1 N–H and O–H groups in total. The van der Waals surface area contributed by atoms with Gasteiger partial charge in [-0.2, -0.15) is 15.0 Å². The average molecular weight is 256 g/mol. The molecule has 0 radical (unpaired) electrons. The van der Waals surface area contributed by atoms with Crippen molar-refractivity contribution in [3.63, 3.8) is 0 Å². The van der Waals surface area contributed by atoms with Crippen LogP contribution >= 0.6 is 0 Å². The lowest BCUT2D eigenvalue weighted by atomic mass is 9.87. The fraction of sp³-hybridized carbons (Fsp3) is 0.467. The fourth-order valence-corrected chi connectivity index (χ4v) is 2.84. The van der Waals surface area contributed by atoms with Crippen LogP contribution in [0.25, 0.3) is 5.69 Å². The molecule has 0 spiro atoms. The zero-order valence-corrected chi connectivity index (χ0v) is 11.3. The molecule has 2 aromatic rings. The van der Waals surface area contributed by atoms with Gasteiger partial charge >= 0.3 is 0 Å². The summed E-state index contributed by atoms with van der Waals surface area (Å²) in [6.45, 7) is 2.35. The number of aromatic nitrogens is 3. The van der Waals surface area contributed by atoms with Crippen LogP contribution in [0.5, 0.6) is 0 Å². The first kappa shape index (κ1) is 12.2. The van der Waals surface area contributed by atoms with Crippen molar-refractivity contribution in [2.45, 2.75) is 38.6 Å². The van der Waals surface area contributed by atoms with Crippen molar-refractivity contribution in [1.29, 1.82) is 0 Å². The van der Waals surface area contributed by atoms with Crippen LogP contribution in [-0.4, -0.2) is 21.0 Å². The van der Waals surface area contributed by atoms with Crippen molar-refractivity contribution in [2.24, 2.45) is 5.92 Å². The van der Waals surface area contributed by atoms with Gasteiger partial charge in [-0.05, 0) is 43.0 Å². The van der Waals surface area contributed by atoms with E-state index in [0.29, 0.717) is 6.04 Å². The summed E-state index contributed by atoms with van der Waals surface area (Å²) in [6.07, 6.45) is 8.66. The molecule has 1 fully saturated rings. The first-order chi connectivity index (χ1) is 9.31. The molecule has 2 unspecified atom stereocenters. The van der Waals surface area contributed by atoms with E-state index in [1.807, 2.05) is 0 Å². The van der Waals surface area contributed by atoms with Gasteiger partial charge in [-0.3, -0.25) is 0 Å². The third kappa shape index (κ3) is 2.95. The number of benzene rings is 1. The normalized spacial score (nSPS) is 23.2. The fourth-order valence-electron chi connectivity index (χ4n) is 2.84. The van der Waals surface area contributed by atoms with Crippen molar-refractivity contribution in [2.75, 3.05) is 5.32 Å². The highest BCUT2D eigenvalue weighted by molar-refractivity contribution is 5.48. The largest absolute Gasteiger partial charge is 0.382 e. The summed E-state index contributed by atoms with van der Waals surface area (Å²) >= 11 is 0. The van der Waals surface area contributed by atoms with Gasteiger partial charge in [0, 0.05) is 11.7 Å². The monoisotopic (exact) mass is 256 g/mol. The molecule has 4 nitrogen and oxygen atoms in total. The molecule has 1 saturated carbocycles. The molecular weight excluding hydrogens is 236 g/mol. The minimum absolute atomic E-state index is 0.623. The molecule has 0 bridgehead atoms. The van der Waals surface area contributed by atoms with E-state index in [1.165, 1.54) is 31.4 Å². The molecule has 0 saturated heterocycles. The Morgan fingerprint density at radius 2 is 1.84 bits per heavy atom. The lowest BCUT2D eigenvalue weighted by Gasteiger charge is -2.28. The molecule has 3 rings (SSSR count). The number of hydrogen-bond donors (Lipinski definition) is 1. The molecule has 1 aliphatic carbocycles. The van der Waals surface area contributed by atoms with Gasteiger partial charge in [0.15, 0.2) is 0 Å². The lowest BCUT2D eigenvalue weighted by molar-refractivity contribution is 0.358. The molecule has 2 atom stereocenters. The molecule has 1 heterocycles. The summed E-state index contributed by atoms with van der Waals surface area (Å²) in [4.78, 5) is 1.63. The van der Waals surface area contributed by atoms with Crippen LogP contribution in [0.2, 0.25) is 0 Å². The summed E-state index contributed by atoms with van der Waals surface area (Å²) < 4.78 is 0. The summed E-state index contributed by atoms with van der Waals surface area (Å²) in [7, 11) is 0. The van der Waals surface area contributed by atoms with Gasteiger partial charge in [0.1, 0.15) is 0 Å². The van der Waals surface area contributed by atoms with E-state index in [-0.39, 0.29) is 0 Å². The first-order valence-corrected chi connectivity index (χ1v) is 7.04. The molecular formula is C15H20N4. The Morgan fingerprint density at radius 1 is 1.11 bits per heavy atom. The highest BCUT2D eigenvalue weighted by Gasteiger charge is 2.18. The van der Waals surface area contributed by atoms with Crippen molar-refractivity contribution in [3.05, 3.63) is 36.7 Å². The summed E-state index contributed by atoms with van der Waals surface area (Å²) in [5.74, 6) is 0.846. The Balaban J connectivity index is 1.66.